The van der Waals surface area contributed by atoms with E-state index in [0.717, 1.165) is 102 Å². The van der Waals surface area contributed by atoms with Crippen molar-refractivity contribution in [3.8, 4) is 0 Å². The quantitative estimate of drug-likeness (QED) is 0.0222. The highest BCUT2D eigenvalue weighted by Crippen LogP contribution is 2.45. The van der Waals surface area contributed by atoms with Crippen molar-refractivity contribution in [2.24, 2.45) is 11.8 Å². The Morgan fingerprint density at radius 2 is 0.455 bits per heavy atom. The minimum absolute atomic E-state index is 0.107. The van der Waals surface area contributed by atoms with E-state index in [1.807, 2.05) is 0 Å². The Morgan fingerprint density at radius 3 is 0.673 bits per heavy atom. The first kappa shape index (κ1) is 99.1. The first-order valence-corrected chi connectivity index (χ1v) is 45.5. The molecule has 0 saturated carbocycles. The Morgan fingerprint density at radius 1 is 0.267 bits per heavy atom. The van der Waals surface area contributed by atoms with Crippen molar-refractivity contribution in [2.45, 2.75) is 452 Å². The van der Waals surface area contributed by atoms with Gasteiger partial charge < -0.3 is 33.8 Å². The molecule has 0 aromatic rings. The highest BCUT2D eigenvalue weighted by molar-refractivity contribution is 7.47. The van der Waals surface area contributed by atoms with Gasteiger partial charge in [0.05, 0.1) is 26.4 Å². The summed E-state index contributed by atoms with van der Waals surface area (Å²) in [7, 11) is -9.92. The molecule has 0 heterocycles. The van der Waals surface area contributed by atoms with Crippen LogP contribution in [-0.4, -0.2) is 96.7 Å². The van der Waals surface area contributed by atoms with Crippen LogP contribution >= 0.6 is 15.6 Å². The first-order valence-electron chi connectivity index (χ1n) is 42.5. The lowest BCUT2D eigenvalue weighted by molar-refractivity contribution is -0.161. The molecule has 0 aromatic heterocycles. The summed E-state index contributed by atoms with van der Waals surface area (Å²) in [5.74, 6) is -0.596. The molecule has 3 N–H and O–H groups in total. The summed E-state index contributed by atoms with van der Waals surface area (Å²) in [6.07, 6.45) is 63.9. The number of carbonyl (C=O) groups excluding carboxylic acids is 4. The van der Waals surface area contributed by atoms with Crippen LogP contribution in [0, 0.1) is 11.8 Å². The molecule has 0 aliphatic rings. The number of hydrogen-bond acceptors (Lipinski definition) is 15. The van der Waals surface area contributed by atoms with Crippen molar-refractivity contribution in [1.82, 2.24) is 0 Å². The molecule has 0 bridgehead atoms. The van der Waals surface area contributed by atoms with Gasteiger partial charge >= 0.3 is 39.5 Å². The van der Waals surface area contributed by atoms with Gasteiger partial charge in [0.15, 0.2) is 12.2 Å². The second-order valence-electron chi connectivity index (χ2n) is 30.5. The zero-order valence-electron chi connectivity index (χ0n) is 66.2. The van der Waals surface area contributed by atoms with Crippen LogP contribution in [0.5, 0.6) is 0 Å². The lowest BCUT2D eigenvalue weighted by Gasteiger charge is -2.21. The van der Waals surface area contributed by atoms with Gasteiger partial charge in [0.1, 0.15) is 19.3 Å². The van der Waals surface area contributed by atoms with Crippen molar-refractivity contribution in [3.05, 3.63) is 0 Å². The molecule has 0 aromatic carbocycles. The maximum atomic E-state index is 13.1. The molecule has 0 aliphatic heterocycles. The summed E-state index contributed by atoms with van der Waals surface area (Å²) in [6, 6.07) is 0. The van der Waals surface area contributed by atoms with E-state index in [0.29, 0.717) is 31.6 Å². The van der Waals surface area contributed by atoms with Crippen molar-refractivity contribution >= 4 is 39.5 Å². The lowest BCUT2D eigenvalue weighted by Crippen LogP contribution is -2.30. The van der Waals surface area contributed by atoms with Gasteiger partial charge in [0, 0.05) is 25.7 Å². The second kappa shape index (κ2) is 73.6. The zero-order valence-corrected chi connectivity index (χ0v) is 68.0. The average Bonchev–Trinajstić information content (AvgIpc) is 0.960. The smallest absolute Gasteiger partial charge is 0.462 e. The molecule has 19 heteroatoms. The number of unbranched alkanes of at least 4 members (excludes halogenated alkanes) is 51. The summed E-state index contributed by atoms with van der Waals surface area (Å²) in [6.45, 7) is 9.61. The molecule has 0 rings (SSSR count). The highest BCUT2D eigenvalue weighted by Gasteiger charge is 2.30. The number of carbonyl (C=O) groups is 4. The summed E-state index contributed by atoms with van der Waals surface area (Å²) in [4.78, 5) is 73.0. The summed E-state index contributed by atoms with van der Waals surface area (Å²) >= 11 is 0. The van der Waals surface area contributed by atoms with Gasteiger partial charge in [-0.15, -0.1) is 0 Å². The number of hydrogen-bond donors (Lipinski definition) is 3. The van der Waals surface area contributed by atoms with Crippen molar-refractivity contribution in [1.29, 1.82) is 0 Å². The third-order valence-corrected chi connectivity index (χ3v) is 21.1. The standard InChI is InChI=1S/C82H160O17P2/c1-7-9-11-13-15-17-19-21-22-23-24-25-26-29-34-38-42-48-55-61-67-82(87)98-77(70-92-79(84)64-58-52-46-40-36-33-30-27-28-32-35-39-44-50-56-62-74(3)4)72-96-100(88,89)94-68-76(83)69-95-101(90,91)97-73-78(71-93-80(85)65-59-53-49-43-45-51-57-63-75(5)6)99-81(86)66-60-54-47-41-37-31-20-18-16-14-12-10-8-2/h74-78,83H,7-73H2,1-6H3,(H,88,89)(H,90,91)/t76-,77-,78-/m1/s1. The van der Waals surface area contributed by atoms with E-state index in [9.17, 15) is 43.2 Å². The minimum Gasteiger partial charge on any atom is -0.462 e. The van der Waals surface area contributed by atoms with E-state index in [1.54, 1.807) is 0 Å². The van der Waals surface area contributed by atoms with E-state index in [1.165, 1.54) is 244 Å². The summed E-state index contributed by atoms with van der Waals surface area (Å²) in [5, 5.41) is 10.6. The van der Waals surface area contributed by atoms with Gasteiger partial charge in [-0.05, 0) is 37.5 Å². The molecule has 101 heavy (non-hydrogen) atoms. The minimum atomic E-state index is -4.96. The Kier molecular flexibility index (Phi) is 72.2. The third-order valence-electron chi connectivity index (χ3n) is 19.2. The fourth-order valence-corrected chi connectivity index (χ4v) is 14.3. The van der Waals surface area contributed by atoms with Gasteiger partial charge in [0.25, 0.3) is 0 Å². The molecule has 5 atom stereocenters. The highest BCUT2D eigenvalue weighted by atomic mass is 31.2. The normalized spacial score (nSPS) is 13.9. The van der Waals surface area contributed by atoms with Crippen LogP contribution in [0.2, 0.25) is 0 Å². The first-order chi connectivity index (χ1) is 48.9. The molecule has 17 nitrogen and oxygen atoms in total. The Hall–Kier alpha value is -1.94. The number of esters is 4. The SMILES string of the molecule is CCCCCCCCCCCCCCCCCCCCCCC(=O)O[C@H](COC(=O)CCCCCCCCCCCCCCCCCC(C)C)COP(=O)(O)OC[C@@H](O)COP(=O)(O)OC[C@@H](COC(=O)CCCCCCCCCC(C)C)OC(=O)CCCCCCCCCCCCCCC. The zero-order chi connectivity index (χ0) is 74.2. The maximum Gasteiger partial charge on any atom is 0.472 e. The number of rotatable bonds is 81. The average molecular weight is 1480 g/mol. The number of phosphoric acid groups is 2. The molecular weight excluding hydrogens is 1320 g/mol. The van der Waals surface area contributed by atoms with Crippen LogP contribution in [0.25, 0.3) is 0 Å². The Balaban J connectivity index is 5.22. The molecule has 0 saturated heterocycles. The molecular formula is C82H160O17P2. The number of aliphatic hydroxyl groups is 1. The van der Waals surface area contributed by atoms with Crippen LogP contribution in [0.3, 0.4) is 0 Å². The van der Waals surface area contributed by atoms with Crippen molar-refractivity contribution in [2.75, 3.05) is 39.6 Å². The Bertz CT molecular complexity index is 1940. The van der Waals surface area contributed by atoms with E-state index in [4.69, 9.17) is 37.0 Å². The molecule has 2 unspecified atom stereocenters. The van der Waals surface area contributed by atoms with E-state index in [2.05, 4.69) is 41.5 Å². The number of phosphoric ester groups is 2. The monoisotopic (exact) mass is 1480 g/mol. The van der Waals surface area contributed by atoms with Crippen LogP contribution in [0.15, 0.2) is 0 Å². The number of aliphatic hydroxyl groups excluding tert-OH is 1. The maximum absolute atomic E-state index is 13.1. The topological polar surface area (TPSA) is 237 Å². The van der Waals surface area contributed by atoms with Crippen LogP contribution in [-0.2, 0) is 65.4 Å². The molecule has 600 valence electrons. The van der Waals surface area contributed by atoms with Crippen LogP contribution in [0.1, 0.15) is 433 Å². The van der Waals surface area contributed by atoms with Gasteiger partial charge in [0.2, 0.25) is 0 Å². The van der Waals surface area contributed by atoms with Gasteiger partial charge in [-0.2, -0.15) is 0 Å². The van der Waals surface area contributed by atoms with E-state index < -0.39 is 97.5 Å². The fourth-order valence-electron chi connectivity index (χ4n) is 12.7. The Labute approximate surface area is 619 Å². The molecule has 0 aliphatic carbocycles. The predicted octanol–water partition coefficient (Wildman–Crippen LogP) is 24.7. The van der Waals surface area contributed by atoms with Gasteiger partial charge in [-0.25, -0.2) is 9.13 Å². The predicted molar refractivity (Wildman–Crippen MR) is 414 cm³/mol. The summed E-state index contributed by atoms with van der Waals surface area (Å²) < 4.78 is 68.7. The second-order valence-corrected chi connectivity index (χ2v) is 33.4. The molecule has 0 amide bonds. The van der Waals surface area contributed by atoms with E-state index in [-0.39, 0.29) is 25.7 Å². The largest absolute Gasteiger partial charge is 0.472 e. The molecule has 0 radical (unpaired) electrons. The number of ether oxygens (including phenoxy) is 4. The fraction of sp³-hybridized carbons (Fsp3) is 0.951. The lowest BCUT2D eigenvalue weighted by atomic mass is 10.0. The van der Waals surface area contributed by atoms with Crippen molar-refractivity contribution in [3.63, 3.8) is 0 Å². The van der Waals surface area contributed by atoms with Gasteiger partial charge in [-0.3, -0.25) is 37.3 Å². The summed E-state index contributed by atoms with van der Waals surface area (Å²) in [5.41, 5.74) is 0. The van der Waals surface area contributed by atoms with Crippen LogP contribution in [0.4, 0.5) is 0 Å². The van der Waals surface area contributed by atoms with Gasteiger partial charge in [-0.1, -0.05) is 382 Å². The van der Waals surface area contributed by atoms with E-state index >= 15 is 0 Å². The van der Waals surface area contributed by atoms with Crippen molar-refractivity contribution < 1.29 is 80.2 Å². The third kappa shape index (κ3) is 76.1. The molecule has 0 fully saturated rings. The van der Waals surface area contributed by atoms with Crippen LogP contribution < -0.4 is 0 Å². The molecule has 0 spiro atoms.